The maximum atomic E-state index is 13.1. The van der Waals surface area contributed by atoms with Gasteiger partial charge in [-0.25, -0.2) is 9.97 Å². The van der Waals surface area contributed by atoms with E-state index in [2.05, 4.69) is 15.3 Å². The average molecular weight is 447 g/mol. The topological polar surface area (TPSA) is 91.4 Å². The number of rotatable bonds is 8. The molecule has 8 heteroatoms. The third kappa shape index (κ3) is 4.90. The number of nitrogens with one attached hydrogen (secondary N) is 1. The first-order valence-corrected chi connectivity index (χ1v) is 10.5. The van der Waals surface area contributed by atoms with E-state index in [1.165, 1.54) is 0 Å². The molecule has 0 unspecified atom stereocenters. The normalized spacial score (nSPS) is 11.8. The molecule has 1 atom stereocenters. The Labute approximate surface area is 192 Å². The van der Waals surface area contributed by atoms with E-state index in [9.17, 15) is 4.79 Å². The van der Waals surface area contributed by atoms with Gasteiger partial charge in [0.2, 0.25) is 11.8 Å². The molecule has 4 rings (SSSR count). The van der Waals surface area contributed by atoms with E-state index in [1.54, 1.807) is 26.5 Å². The molecule has 8 nitrogen and oxygen atoms in total. The second-order valence-electron chi connectivity index (χ2n) is 7.61. The van der Waals surface area contributed by atoms with Gasteiger partial charge in [-0.15, -0.1) is 0 Å². The Bertz CT molecular complexity index is 1220. The second-order valence-corrected chi connectivity index (χ2v) is 7.61. The number of aryl methyl sites for hydroxylation is 2. The van der Waals surface area contributed by atoms with Gasteiger partial charge in [0.15, 0.2) is 0 Å². The zero-order valence-corrected chi connectivity index (χ0v) is 19.0. The van der Waals surface area contributed by atoms with Crippen molar-refractivity contribution in [1.82, 2.24) is 19.9 Å². The van der Waals surface area contributed by atoms with Crippen LogP contribution in [0.25, 0.3) is 11.5 Å². The number of ether oxygens (including phenoxy) is 2. The third-order valence-electron chi connectivity index (χ3n) is 5.37. The molecule has 2 aromatic carbocycles. The third-order valence-corrected chi connectivity index (χ3v) is 5.37. The van der Waals surface area contributed by atoms with Crippen LogP contribution in [0, 0.1) is 6.92 Å². The molecule has 2 heterocycles. The second kappa shape index (κ2) is 9.60. The Morgan fingerprint density at radius 1 is 1.12 bits per heavy atom. The van der Waals surface area contributed by atoms with Crippen LogP contribution >= 0.6 is 0 Å². The van der Waals surface area contributed by atoms with Gasteiger partial charge in [0, 0.05) is 31.1 Å². The molecule has 170 valence electrons. The number of methoxy groups -OCH3 is 2. The van der Waals surface area contributed by atoms with Crippen LogP contribution in [0.1, 0.15) is 28.9 Å². The van der Waals surface area contributed by atoms with E-state index in [4.69, 9.17) is 13.9 Å². The van der Waals surface area contributed by atoms with Crippen LogP contribution in [0.2, 0.25) is 0 Å². The van der Waals surface area contributed by atoms with Crippen LogP contribution < -0.4 is 14.8 Å². The van der Waals surface area contributed by atoms with Gasteiger partial charge in [-0.05, 0) is 36.8 Å². The zero-order valence-electron chi connectivity index (χ0n) is 19.0. The molecule has 33 heavy (non-hydrogen) atoms. The molecule has 0 radical (unpaired) electrons. The van der Waals surface area contributed by atoms with E-state index < -0.39 is 6.04 Å². The SMILES string of the molecule is COc1cc(OC)cc([C@@H](NC(=O)Cc2nc(-c3ccccc3)oc2C)c2nccn2C)c1. The molecule has 1 amide bonds. The van der Waals surface area contributed by atoms with Crippen molar-refractivity contribution in [1.29, 1.82) is 0 Å². The van der Waals surface area contributed by atoms with Crippen molar-refractivity contribution in [3.63, 3.8) is 0 Å². The summed E-state index contributed by atoms with van der Waals surface area (Å²) >= 11 is 0. The highest BCUT2D eigenvalue weighted by atomic mass is 16.5. The van der Waals surface area contributed by atoms with E-state index in [-0.39, 0.29) is 12.3 Å². The van der Waals surface area contributed by atoms with Crippen molar-refractivity contribution in [2.75, 3.05) is 14.2 Å². The van der Waals surface area contributed by atoms with Crippen LogP contribution in [-0.2, 0) is 18.3 Å². The lowest BCUT2D eigenvalue weighted by molar-refractivity contribution is -0.121. The lowest BCUT2D eigenvalue weighted by Gasteiger charge is -2.20. The Balaban J connectivity index is 1.61. The fraction of sp³-hybridized carbons (Fsp3) is 0.240. The maximum Gasteiger partial charge on any atom is 0.227 e. The Kier molecular flexibility index (Phi) is 6.44. The minimum absolute atomic E-state index is 0.0736. The van der Waals surface area contributed by atoms with E-state index in [0.29, 0.717) is 34.7 Å². The molecule has 0 bridgehead atoms. The van der Waals surface area contributed by atoms with Crippen LogP contribution in [0.5, 0.6) is 11.5 Å². The van der Waals surface area contributed by atoms with Gasteiger partial charge in [-0.3, -0.25) is 4.79 Å². The molecule has 2 aromatic heterocycles. The number of benzene rings is 2. The Morgan fingerprint density at radius 3 is 2.42 bits per heavy atom. The molecule has 0 aliphatic rings. The molecular formula is C25H26N4O4. The maximum absolute atomic E-state index is 13.1. The molecule has 0 spiro atoms. The number of hydrogen-bond donors (Lipinski definition) is 1. The Morgan fingerprint density at radius 2 is 1.82 bits per heavy atom. The molecular weight excluding hydrogens is 420 g/mol. The number of imidazole rings is 1. The zero-order chi connectivity index (χ0) is 23.4. The molecule has 0 saturated heterocycles. The summed E-state index contributed by atoms with van der Waals surface area (Å²) in [6.45, 7) is 1.81. The molecule has 0 fully saturated rings. The van der Waals surface area contributed by atoms with Crippen molar-refractivity contribution >= 4 is 5.91 Å². The van der Waals surface area contributed by atoms with Crippen molar-refractivity contribution < 1.29 is 18.7 Å². The number of amides is 1. The largest absolute Gasteiger partial charge is 0.497 e. The summed E-state index contributed by atoms with van der Waals surface area (Å²) in [7, 11) is 5.06. The van der Waals surface area contributed by atoms with Gasteiger partial charge >= 0.3 is 0 Å². The summed E-state index contributed by atoms with van der Waals surface area (Å²) in [6, 6.07) is 14.6. The van der Waals surface area contributed by atoms with Crippen molar-refractivity contribution in [2.45, 2.75) is 19.4 Å². The predicted octanol–water partition coefficient (Wildman–Crippen LogP) is 3.85. The monoisotopic (exact) mass is 446 g/mol. The van der Waals surface area contributed by atoms with Crippen LogP contribution in [0.15, 0.2) is 65.3 Å². The van der Waals surface area contributed by atoms with Crippen LogP contribution in [0.4, 0.5) is 0 Å². The predicted molar refractivity (Wildman–Crippen MR) is 123 cm³/mol. The summed E-state index contributed by atoms with van der Waals surface area (Å²) in [4.78, 5) is 22.1. The van der Waals surface area contributed by atoms with Gasteiger partial charge < -0.3 is 23.8 Å². The van der Waals surface area contributed by atoms with Crippen LogP contribution in [-0.4, -0.2) is 34.7 Å². The summed E-state index contributed by atoms with van der Waals surface area (Å²) in [5, 5.41) is 3.09. The standard InChI is InChI=1S/C25H26N4O4/c1-16-21(27-25(33-16)17-8-6-5-7-9-17)15-22(30)28-23(24-26-10-11-29(24)2)18-12-19(31-3)14-20(13-18)32-4/h5-14,23H,15H2,1-4H3,(H,28,30)/t23-/m1/s1. The summed E-state index contributed by atoms with van der Waals surface area (Å²) < 4.78 is 18.5. The van der Waals surface area contributed by atoms with Crippen LogP contribution in [0.3, 0.4) is 0 Å². The fourth-order valence-corrected chi connectivity index (χ4v) is 3.61. The number of oxazole rings is 1. The highest BCUT2D eigenvalue weighted by molar-refractivity contribution is 5.79. The number of carbonyl (C=O) groups excluding carboxylic acids is 1. The average Bonchev–Trinajstić information content (AvgIpc) is 3.42. The molecule has 1 N–H and O–H groups in total. The fourth-order valence-electron chi connectivity index (χ4n) is 3.61. The van der Waals surface area contributed by atoms with Gasteiger partial charge in [0.05, 0.1) is 26.3 Å². The van der Waals surface area contributed by atoms with Gasteiger partial charge in [0.25, 0.3) is 0 Å². The molecule has 4 aromatic rings. The molecule has 0 aliphatic heterocycles. The number of nitrogens with zero attached hydrogens (tertiary/aromatic N) is 3. The van der Waals surface area contributed by atoms with Gasteiger partial charge in [-0.1, -0.05) is 18.2 Å². The van der Waals surface area contributed by atoms with Gasteiger partial charge in [0.1, 0.15) is 29.1 Å². The van der Waals surface area contributed by atoms with Gasteiger partial charge in [-0.2, -0.15) is 0 Å². The summed E-state index contributed by atoms with van der Waals surface area (Å²) in [5.74, 6) is 2.83. The number of aromatic nitrogens is 3. The smallest absolute Gasteiger partial charge is 0.227 e. The van der Waals surface area contributed by atoms with E-state index >= 15 is 0 Å². The quantitative estimate of drug-likeness (QED) is 0.442. The Hall–Kier alpha value is -4.07. The summed E-state index contributed by atoms with van der Waals surface area (Å²) in [6.07, 6.45) is 3.60. The minimum Gasteiger partial charge on any atom is -0.497 e. The first kappa shape index (κ1) is 22.1. The van der Waals surface area contributed by atoms with Crippen molar-refractivity contribution in [2.24, 2.45) is 7.05 Å². The van der Waals surface area contributed by atoms with Crippen molar-refractivity contribution in [3.05, 3.63) is 83.8 Å². The first-order valence-electron chi connectivity index (χ1n) is 10.5. The number of hydrogen-bond acceptors (Lipinski definition) is 6. The highest BCUT2D eigenvalue weighted by Crippen LogP contribution is 2.30. The van der Waals surface area contributed by atoms with Crippen molar-refractivity contribution in [3.8, 4) is 23.0 Å². The number of carbonyl (C=O) groups is 1. The molecule has 0 aliphatic carbocycles. The molecule has 0 saturated carbocycles. The summed E-state index contributed by atoms with van der Waals surface area (Å²) in [5.41, 5.74) is 2.24. The van der Waals surface area contributed by atoms with E-state index in [0.717, 1.165) is 11.1 Å². The first-order chi connectivity index (χ1) is 16.0. The van der Waals surface area contributed by atoms with E-state index in [1.807, 2.05) is 67.2 Å². The lowest BCUT2D eigenvalue weighted by Crippen LogP contribution is -2.32. The lowest BCUT2D eigenvalue weighted by atomic mass is 10.0. The minimum atomic E-state index is -0.512. The highest BCUT2D eigenvalue weighted by Gasteiger charge is 2.24.